The Morgan fingerprint density at radius 3 is 3.00 bits per heavy atom. The molecule has 78 valence electrons. The fraction of sp³-hybridized carbons (Fsp3) is 0.111. The van der Waals surface area contributed by atoms with Crippen LogP contribution in [-0.4, -0.2) is 17.1 Å². The lowest BCUT2D eigenvalue weighted by Crippen LogP contribution is -1.92. The van der Waals surface area contributed by atoms with Crippen molar-refractivity contribution in [3.05, 3.63) is 29.0 Å². The molecule has 0 aliphatic heterocycles. The topological polar surface area (TPSA) is 35.0 Å². The number of aromatic nitrogens is 2. The molecule has 2 rings (SSSR count). The Bertz CT molecular complexity index is 447. The average molecular weight is 259 g/mol. The SMILES string of the molecule is COc1c(Cl)ncnc1Sc1cccs1. The van der Waals surface area contributed by atoms with Gasteiger partial charge in [-0.15, -0.1) is 11.3 Å². The lowest BCUT2D eigenvalue weighted by Gasteiger charge is -2.05. The van der Waals surface area contributed by atoms with Crippen LogP contribution in [0.5, 0.6) is 5.75 Å². The molecule has 0 bridgehead atoms. The number of hydrogen-bond donors (Lipinski definition) is 0. The molecular formula is C9H7ClN2OS2. The summed E-state index contributed by atoms with van der Waals surface area (Å²) in [6.45, 7) is 0. The van der Waals surface area contributed by atoms with Gasteiger partial charge < -0.3 is 4.74 Å². The highest BCUT2D eigenvalue weighted by Crippen LogP contribution is 2.37. The molecule has 0 aliphatic rings. The maximum atomic E-state index is 5.88. The molecule has 0 radical (unpaired) electrons. The van der Waals surface area contributed by atoms with Crippen molar-refractivity contribution in [2.75, 3.05) is 7.11 Å². The number of ether oxygens (including phenoxy) is 1. The molecule has 0 unspecified atom stereocenters. The first kappa shape index (κ1) is 10.7. The van der Waals surface area contributed by atoms with E-state index in [1.165, 1.54) is 18.1 Å². The van der Waals surface area contributed by atoms with Crippen LogP contribution in [-0.2, 0) is 0 Å². The predicted octanol–water partition coefficient (Wildman–Crippen LogP) is 3.35. The number of nitrogens with zero attached hydrogens (tertiary/aromatic N) is 2. The van der Waals surface area contributed by atoms with Crippen LogP contribution in [0.3, 0.4) is 0 Å². The van der Waals surface area contributed by atoms with Crippen molar-refractivity contribution in [1.82, 2.24) is 9.97 Å². The molecular weight excluding hydrogens is 252 g/mol. The maximum Gasteiger partial charge on any atom is 0.188 e. The van der Waals surface area contributed by atoms with Crippen molar-refractivity contribution in [3.63, 3.8) is 0 Å². The van der Waals surface area contributed by atoms with Crippen LogP contribution in [0.15, 0.2) is 33.1 Å². The zero-order chi connectivity index (χ0) is 10.7. The molecule has 15 heavy (non-hydrogen) atoms. The van der Waals surface area contributed by atoms with E-state index < -0.39 is 0 Å². The highest BCUT2D eigenvalue weighted by atomic mass is 35.5. The number of hydrogen-bond acceptors (Lipinski definition) is 5. The summed E-state index contributed by atoms with van der Waals surface area (Å²) in [6.07, 6.45) is 1.43. The molecule has 0 saturated heterocycles. The van der Waals surface area contributed by atoms with Gasteiger partial charge in [-0.25, -0.2) is 9.97 Å². The Morgan fingerprint density at radius 2 is 2.33 bits per heavy atom. The lowest BCUT2D eigenvalue weighted by atomic mass is 10.6. The smallest absolute Gasteiger partial charge is 0.188 e. The van der Waals surface area contributed by atoms with E-state index in [9.17, 15) is 0 Å². The zero-order valence-electron chi connectivity index (χ0n) is 7.81. The Labute approximate surface area is 100 Å². The Kier molecular flexibility index (Phi) is 3.45. The van der Waals surface area contributed by atoms with Crippen LogP contribution in [0.4, 0.5) is 0 Å². The van der Waals surface area contributed by atoms with Crippen molar-refractivity contribution in [2.24, 2.45) is 0 Å². The molecule has 0 aliphatic carbocycles. The van der Waals surface area contributed by atoms with E-state index in [1.54, 1.807) is 18.4 Å². The standard InChI is InChI=1S/C9H7ClN2OS2/c1-13-7-8(10)11-5-12-9(7)15-6-3-2-4-14-6/h2-5H,1H3. The van der Waals surface area contributed by atoms with E-state index in [0.717, 1.165) is 9.24 Å². The highest BCUT2D eigenvalue weighted by Gasteiger charge is 2.11. The molecule has 0 amide bonds. The van der Waals surface area contributed by atoms with E-state index in [4.69, 9.17) is 16.3 Å². The van der Waals surface area contributed by atoms with Gasteiger partial charge in [0.05, 0.1) is 11.3 Å². The van der Waals surface area contributed by atoms with Crippen LogP contribution in [0.2, 0.25) is 5.15 Å². The Hall–Kier alpha value is -0.780. The fourth-order valence-electron chi connectivity index (χ4n) is 0.999. The summed E-state index contributed by atoms with van der Waals surface area (Å²) in [5.74, 6) is 0.526. The number of rotatable bonds is 3. The van der Waals surface area contributed by atoms with Crippen molar-refractivity contribution in [2.45, 2.75) is 9.24 Å². The van der Waals surface area contributed by atoms with Gasteiger partial charge in [0.25, 0.3) is 0 Å². The van der Waals surface area contributed by atoms with Crippen molar-refractivity contribution in [3.8, 4) is 5.75 Å². The van der Waals surface area contributed by atoms with E-state index in [1.807, 2.05) is 17.5 Å². The van der Waals surface area contributed by atoms with Crippen molar-refractivity contribution >= 4 is 34.7 Å². The van der Waals surface area contributed by atoms with Gasteiger partial charge >= 0.3 is 0 Å². The molecule has 0 saturated carbocycles. The Morgan fingerprint density at radius 1 is 1.47 bits per heavy atom. The lowest BCUT2D eigenvalue weighted by molar-refractivity contribution is 0.398. The quantitative estimate of drug-likeness (QED) is 0.791. The van der Waals surface area contributed by atoms with E-state index in [-0.39, 0.29) is 0 Å². The third-order valence-corrected chi connectivity index (χ3v) is 3.92. The van der Waals surface area contributed by atoms with Crippen LogP contribution >= 0.6 is 34.7 Å². The van der Waals surface area contributed by atoms with Gasteiger partial charge in [-0.05, 0) is 11.4 Å². The first-order chi connectivity index (χ1) is 7.31. The van der Waals surface area contributed by atoms with Crippen LogP contribution in [0.25, 0.3) is 0 Å². The van der Waals surface area contributed by atoms with Crippen molar-refractivity contribution in [1.29, 1.82) is 0 Å². The number of thiophene rings is 1. The van der Waals surface area contributed by atoms with Gasteiger partial charge in [-0.2, -0.15) is 0 Å². The summed E-state index contributed by atoms with van der Waals surface area (Å²) in [5.41, 5.74) is 0. The Balaban J connectivity index is 2.32. The molecule has 0 atom stereocenters. The van der Waals surface area contributed by atoms with E-state index in [0.29, 0.717) is 10.9 Å². The second-order valence-electron chi connectivity index (χ2n) is 2.54. The minimum Gasteiger partial charge on any atom is -0.491 e. The second-order valence-corrected chi connectivity index (χ2v) is 5.13. The highest BCUT2D eigenvalue weighted by molar-refractivity contribution is 8.01. The first-order valence-corrected chi connectivity index (χ1v) is 6.14. The summed E-state index contributed by atoms with van der Waals surface area (Å²) in [4.78, 5) is 7.99. The minimum atomic E-state index is 0.339. The van der Waals surface area contributed by atoms with Gasteiger partial charge in [0.1, 0.15) is 11.4 Å². The molecule has 2 heterocycles. The summed E-state index contributed by atoms with van der Waals surface area (Å²) < 4.78 is 6.29. The zero-order valence-corrected chi connectivity index (χ0v) is 10.2. The molecule has 6 heteroatoms. The summed E-state index contributed by atoms with van der Waals surface area (Å²) >= 11 is 9.05. The molecule has 0 fully saturated rings. The molecule has 2 aromatic rings. The van der Waals surface area contributed by atoms with Crippen LogP contribution in [0, 0.1) is 0 Å². The third-order valence-electron chi connectivity index (χ3n) is 1.62. The second kappa shape index (κ2) is 4.83. The third kappa shape index (κ3) is 2.42. The van der Waals surface area contributed by atoms with Gasteiger partial charge in [0, 0.05) is 0 Å². The first-order valence-electron chi connectivity index (χ1n) is 4.07. The van der Waals surface area contributed by atoms with Crippen molar-refractivity contribution < 1.29 is 4.74 Å². The molecule has 0 spiro atoms. The molecule has 3 nitrogen and oxygen atoms in total. The summed E-state index contributed by atoms with van der Waals surface area (Å²) in [6, 6.07) is 4.01. The average Bonchev–Trinajstić information content (AvgIpc) is 2.71. The maximum absolute atomic E-state index is 5.88. The van der Waals surface area contributed by atoms with Crippen LogP contribution < -0.4 is 4.74 Å². The van der Waals surface area contributed by atoms with E-state index >= 15 is 0 Å². The molecule has 2 aromatic heterocycles. The number of methoxy groups -OCH3 is 1. The van der Waals surface area contributed by atoms with Gasteiger partial charge in [-0.1, -0.05) is 29.4 Å². The normalized spacial score (nSPS) is 10.3. The van der Waals surface area contributed by atoms with Gasteiger partial charge in [-0.3, -0.25) is 0 Å². The van der Waals surface area contributed by atoms with Gasteiger partial charge in [0.2, 0.25) is 0 Å². The van der Waals surface area contributed by atoms with E-state index in [2.05, 4.69) is 9.97 Å². The molecule has 0 N–H and O–H groups in total. The predicted molar refractivity (Wildman–Crippen MR) is 62.0 cm³/mol. The largest absolute Gasteiger partial charge is 0.491 e. The summed E-state index contributed by atoms with van der Waals surface area (Å²) in [5, 5.41) is 3.09. The minimum absolute atomic E-state index is 0.339. The summed E-state index contributed by atoms with van der Waals surface area (Å²) in [7, 11) is 1.56. The van der Waals surface area contributed by atoms with Crippen LogP contribution in [0.1, 0.15) is 0 Å². The monoisotopic (exact) mass is 258 g/mol. The fourth-order valence-corrected chi connectivity index (χ4v) is 3.02. The van der Waals surface area contributed by atoms with Gasteiger partial charge in [0.15, 0.2) is 10.9 Å². The number of halogens is 1. The molecule has 0 aromatic carbocycles.